The Kier molecular flexibility index (Phi) is 3.73. The Morgan fingerprint density at radius 2 is 1.56 bits per heavy atom. The first-order valence-corrected chi connectivity index (χ1v) is 7.23. The number of alkyl halides is 1. The zero-order chi connectivity index (χ0) is 11.7. The summed E-state index contributed by atoms with van der Waals surface area (Å²) >= 11 is 3.87. The van der Waals surface area contributed by atoms with Crippen molar-refractivity contribution < 1.29 is 0 Å². The van der Waals surface area contributed by atoms with Gasteiger partial charge in [-0.15, -0.1) is 0 Å². The molecule has 2 unspecified atom stereocenters. The van der Waals surface area contributed by atoms with E-state index in [0.29, 0.717) is 4.83 Å². The molecule has 1 heteroatoms. The van der Waals surface area contributed by atoms with Gasteiger partial charge in [0.15, 0.2) is 0 Å². The number of rotatable bonds is 1. The second kappa shape index (κ2) is 4.91. The van der Waals surface area contributed by atoms with Crippen LogP contribution in [-0.4, -0.2) is 4.83 Å². The van der Waals surface area contributed by atoms with E-state index in [2.05, 4.69) is 48.8 Å². The molecule has 2 rings (SSSR count). The molecule has 1 aliphatic carbocycles. The third-order valence-electron chi connectivity index (χ3n) is 3.96. The van der Waals surface area contributed by atoms with E-state index in [4.69, 9.17) is 0 Å². The summed E-state index contributed by atoms with van der Waals surface area (Å²) in [7, 11) is 0. The molecule has 0 bridgehead atoms. The van der Waals surface area contributed by atoms with E-state index in [1.54, 1.807) is 5.56 Å². The van der Waals surface area contributed by atoms with E-state index >= 15 is 0 Å². The largest absolute Gasteiger partial charge is 0.0884 e. The maximum atomic E-state index is 3.87. The van der Waals surface area contributed by atoms with Crippen LogP contribution >= 0.6 is 15.9 Å². The highest BCUT2D eigenvalue weighted by Crippen LogP contribution is 2.39. The van der Waals surface area contributed by atoms with Gasteiger partial charge in [-0.1, -0.05) is 40.9 Å². The van der Waals surface area contributed by atoms with Crippen molar-refractivity contribution >= 4 is 15.9 Å². The van der Waals surface area contributed by atoms with Crippen LogP contribution in [0.15, 0.2) is 12.1 Å². The van der Waals surface area contributed by atoms with Gasteiger partial charge in [0.1, 0.15) is 0 Å². The van der Waals surface area contributed by atoms with E-state index < -0.39 is 0 Å². The SMILES string of the molecule is Cc1cc(C)c(C2CCCCC2Br)cc1C. The lowest BCUT2D eigenvalue weighted by molar-refractivity contribution is 0.459. The smallest absolute Gasteiger partial charge is 0.0214 e. The van der Waals surface area contributed by atoms with Gasteiger partial charge in [-0.3, -0.25) is 0 Å². The molecule has 16 heavy (non-hydrogen) atoms. The minimum Gasteiger partial charge on any atom is -0.0884 e. The van der Waals surface area contributed by atoms with Gasteiger partial charge < -0.3 is 0 Å². The molecule has 0 N–H and O–H groups in total. The first-order chi connectivity index (χ1) is 7.59. The van der Waals surface area contributed by atoms with Crippen LogP contribution in [0.4, 0.5) is 0 Å². The van der Waals surface area contributed by atoms with Crippen LogP contribution in [0.5, 0.6) is 0 Å². The highest BCUT2D eigenvalue weighted by Gasteiger charge is 2.25. The van der Waals surface area contributed by atoms with Gasteiger partial charge in [-0.2, -0.15) is 0 Å². The van der Waals surface area contributed by atoms with E-state index in [-0.39, 0.29) is 0 Å². The Morgan fingerprint density at radius 3 is 2.25 bits per heavy atom. The molecule has 0 nitrogen and oxygen atoms in total. The van der Waals surface area contributed by atoms with Crippen LogP contribution in [0.2, 0.25) is 0 Å². The Balaban J connectivity index is 2.35. The second-order valence-corrected chi connectivity index (χ2v) is 6.38. The van der Waals surface area contributed by atoms with E-state index in [1.807, 2.05) is 0 Å². The molecule has 0 radical (unpaired) electrons. The highest BCUT2D eigenvalue weighted by atomic mass is 79.9. The van der Waals surface area contributed by atoms with Gasteiger partial charge in [0.2, 0.25) is 0 Å². The lowest BCUT2D eigenvalue weighted by atomic mass is 9.81. The summed E-state index contributed by atoms with van der Waals surface area (Å²) in [6.07, 6.45) is 5.45. The fourth-order valence-electron chi connectivity index (χ4n) is 2.82. The summed E-state index contributed by atoms with van der Waals surface area (Å²) < 4.78 is 0. The van der Waals surface area contributed by atoms with E-state index in [0.717, 1.165) is 5.92 Å². The summed E-state index contributed by atoms with van der Waals surface area (Å²) in [6, 6.07) is 4.76. The van der Waals surface area contributed by atoms with Crippen molar-refractivity contribution in [3.8, 4) is 0 Å². The number of hydrogen-bond donors (Lipinski definition) is 0. The molecule has 0 spiro atoms. The predicted molar refractivity (Wildman–Crippen MR) is 74.6 cm³/mol. The fraction of sp³-hybridized carbons (Fsp3) is 0.600. The quantitative estimate of drug-likeness (QED) is 0.633. The molecule has 0 amide bonds. The standard InChI is InChI=1S/C15H21Br/c1-10-8-12(3)14(9-11(10)2)13-6-4-5-7-15(13)16/h8-9,13,15H,4-7H2,1-3H3. The summed E-state index contributed by atoms with van der Waals surface area (Å²) in [4.78, 5) is 0.682. The Morgan fingerprint density at radius 1 is 0.938 bits per heavy atom. The number of aryl methyl sites for hydroxylation is 3. The monoisotopic (exact) mass is 280 g/mol. The summed E-state index contributed by atoms with van der Waals surface area (Å²) in [5.74, 6) is 0.730. The zero-order valence-electron chi connectivity index (χ0n) is 10.5. The van der Waals surface area contributed by atoms with Crippen molar-refractivity contribution in [3.05, 3.63) is 34.4 Å². The molecule has 88 valence electrons. The van der Waals surface area contributed by atoms with Gasteiger partial charge in [0.25, 0.3) is 0 Å². The Bertz CT molecular complexity index is 381. The number of benzene rings is 1. The molecule has 0 heterocycles. The highest BCUT2D eigenvalue weighted by molar-refractivity contribution is 9.09. The molecule has 1 fully saturated rings. The normalized spacial score (nSPS) is 25.8. The maximum absolute atomic E-state index is 3.87. The van der Waals surface area contributed by atoms with Crippen LogP contribution < -0.4 is 0 Å². The third-order valence-corrected chi connectivity index (χ3v) is 5.06. The summed E-state index contributed by atoms with van der Waals surface area (Å²) in [5.41, 5.74) is 5.90. The lowest BCUT2D eigenvalue weighted by Gasteiger charge is -2.29. The van der Waals surface area contributed by atoms with Crippen molar-refractivity contribution in [3.63, 3.8) is 0 Å². The molecule has 0 saturated heterocycles. The summed E-state index contributed by atoms with van der Waals surface area (Å²) in [6.45, 7) is 6.69. The van der Waals surface area contributed by atoms with Crippen LogP contribution in [0.3, 0.4) is 0 Å². The molecule has 1 aromatic rings. The van der Waals surface area contributed by atoms with Crippen LogP contribution in [0.1, 0.15) is 53.9 Å². The average molecular weight is 281 g/mol. The minimum absolute atomic E-state index is 0.682. The zero-order valence-corrected chi connectivity index (χ0v) is 12.1. The minimum atomic E-state index is 0.682. The van der Waals surface area contributed by atoms with Crippen molar-refractivity contribution in [1.29, 1.82) is 0 Å². The van der Waals surface area contributed by atoms with Crippen molar-refractivity contribution in [2.45, 2.75) is 57.2 Å². The molecular weight excluding hydrogens is 260 g/mol. The molecule has 1 saturated carbocycles. The van der Waals surface area contributed by atoms with E-state index in [1.165, 1.54) is 42.4 Å². The topological polar surface area (TPSA) is 0 Å². The lowest BCUT2D eigenvalue weighted by Crippen LogP contribution is -2.18. The number of hydrogen-bond acceptors (Lipinski definition) is 0. The number of halogens is 1. The van der Waals surface area contributed by atoms with Gasteiger partial charge in [0.05, 0.1) is 0 Å². The maximum Gasteiger partial charge on any atom is 0.0214 e. The van der Waals surface area contributed by atoms with Crippen LogP contribution in [0.25, 0.3) is 0 Å². The van der Waals surface area contributed by atoms with Gasteiger partial charge in [-0.05, 0) is 61.8 Å². The van der Waals surface area contributed by atoms with Crippen LogP contribution in [0, 0.1) is 20.8 Å². The molecule has 0 aliphatic heterocycles. The van der Waals surface area contributed by atoms with Crippen molar-refractivity contribution in [2.24, 2.45) is 0 Å². The van der Waals surface area contributed by atoms with Crippen LogP contribution in [-0.2, 0) is 0 Å². The molecule has 1 aromatic carbocycles. The van der Waals surface area contributed by atoms with Crippen molar-refractivity contribution in [2.75, 3.05) is 0 Å². The Labute approximate surface area is 108 Å². The predicted octanol–water partition coefficient (Wildman–Crippen LogP) is 5.03. The third kappa shape index (κ3) is 2.34. The first kappa shape index (κ1) is 12.2. The first-order valence-electron chi connectivity index (χ1n) is 6.31. The van der Waals surface area contributed by atoms with Crippen molar-refractivity contribution in [1.82, 2.24) is 0 Å². The molecule has 0 aromatic heterocycles. The van der Waals surface area contributed by atoms with Gasteiger partial charge >= 0.3 is 0 Å². The molecule has 2 atom stereocenters. The second-order valence-electron chi connectivity index (χ2n) is 5.20. The average Bonchev–Trinajstić information content (AvgIpc) is 2.25. The van der Waals surface area contributed by atoms with Gasteiger partial charge in [-0.25, -0.2) is 0 Å². The Hall–Kier alpha value is -0.300. The fourth-order valence-corrected chi connectivity index (χ4v) is 3.69. The summed E-state index contributed by atoms with van der Waals surface area (Å²) in [5, 5.41) is 0. The van der Waals surface area contributed by atoms with E-state index in [9.17, 15) is 0 Å². The van der Waals surface area contributed by atoms with Gasteiger partial charge in [0, 0.05) is 4.83 Å². The molecular formula is C15H21Br. The molecule has 1 aliphatic rings.